The van der Waals surface area contributed by atoms with Crippen molar-refractivity contribution in [1.29, 1.82) is 0 Å². The minimum Gasteiger partial charge on any atom is -0.377 e. The topological polar surface area (TPSA) is 72.8 Å². The van der Waals surface area contributed by atoms with Crippen LogP contribution >= 0.6 is 0 Å². The lowest BCUT2D eigenvalue weighted by Crippen LogP contribution is -2.55. The summed E-state index contributed by atoms with van der Waals surface area (Å²) < 4.78 is 36.4. The summed E-state index contributed by atoms with van der Waals surface area (Å²) in [5.74, 6) is 0. The number of hydrogen-bond acceptors (Lipinski definition) is 2. The molecule has 2 rings (SSSR count). The molecule has 0 aliphatic carbocycles. The van der Waals surface area contributed by atoms with Crippen molar-refractivity contribution < 1.29 is 13.3 Å². The molecule has 122 valence electrons. The third-order valence-electron chi connectivity index (χ3n) is 3.23. The highest BCUT2D eigenvalue weighted by molar-refractivity contribution is 8.08. The summed E-state index contributed by atoms with van der Waals surface area (Å²) in [7, 11) is -1.35. The summed E-state index contributed by atoms with van der Waals surface area (Å²) in [5.41, 5.74) is 0.187. The van der Waals surface area contributed by atoms with Gasteiger partial charge in [-0.1, -0.05) is 24.3 Å². The van der Waals surface area contributed by atoms with Gasteiger partial charge >= 0.3 is 0 Å². The minimum absolute atomic E-state index is 0.00637. The van der Waals surface area contributed by atoms with Crippen molar-refractivity contribution in [3.05, 3.63) is 36.4 Å². The van der Waals surface area contributed by atoms with Gasteiger partial charge in [0, 0.05) is 36.1 Å². The van der Waals surface area contributed by atoms with Crippen LogP contribution in [0.3, 0.4) is 0 Å². The van der Waals surface area contributed by atoms with Gasteiger partial charge in [-0.2, -0.15) is 0 Å². The smallest absolute Gasteiger partial charge is 0.166 e. The highest BCUT2D eigenvalue weighted by atomic mass is 32.3. The van der Waals surface area contributed by atoms with E-state index in [9.17, 15) is 13.3 Å². The number of fused-ring (bicyclic) bond motifs is 1. The monoisotopic (exact) mass is 324 g/mol. The quantitative estimate of drug-likeness (QED) is 0.810. The second kappa shape index (κ2) is 5.03. The molecule has 0 radical (unpaired) electrons. The molecule has 2 aromatic carbocycles. The average molecular weight is 324 g/mol. The Bertz CT molecular complexity index is 773. The number of anilines is 1. The van der Waals surface area contributed by atoms with Crippen LogP contribution in [0.15, 0.2) is 41.3 Å². The summed E-state index contributed by atoms with van der Waals surface area (Å²) in [6, 6.07) is 10.5. The molecule has 0 unspecified atom stereocenters. The van der Waals surface area contributed by atoms with Crippen LogP contribution in [0.25, 0.3) is 10.8 Å². The van der Waals surface area contributed by atoms with Crippen LogP contribution in [0.5, 0.6) is 0 Å². The maximum Gasteiger partial charge on any atom is 0.166 e. The minimum atomic E-state index is -5.16. The van der Waals surface area contributed by atoms with E-state index < -0.39 is 15.4 Å². The first-order valence-corrected chi connectivity index (χ1v) is 8.93. The Balaban J connectivity index is 2.77. The van der Waals surface area contributed by atoms with Gasteiger partial charge in [-0.3, -0.25) is 9.11 Å². The zero-order valence-electron chi connectivity index (χ0n) is 13.6. The maximum absolute atomic E-state index is 12.9. The fraction of sp³-hybridized carbons (Fsp3) is 0.375. The second-order valence-corrected chi connectivity index (χ2v) is 9.11. The fourth-order valence-electron chi connectivity index (χ4n) is 2.58. The molecular weight excluding hydrogens is 300 g/mol. The molecule has 0 saturated heterocycles. The van der Waals surface area contributed by atoms with Gasteiger partial charge in [0.15, 0.2) is 9.81 Å². The lowest BCUT2D eigenvalue weighted by molar-refractivity contribution is 0.345. The van der Waals surface area contributed by atoms with Crippen LogP contribution in [0, 0.1) is 0 Å². The van der Waals surface area contributed by atoms with E-state index in [1.54, 1.807) is 39.0 Å². The molecule has 0 heterocycles. The number of nitrogens with one attached hydrogen (secondary N) is 1. The third-order valence-corrected chi connectivity index (χ3v) is 5.36. The molecule has 2 aromatic rings. The summed E-state index contributed by atoms with van der Waals surface area (Å²) in [6.45, 7) is 5.18. The molecule has 0 saturated carbocycles. The number of hydrogen-bond donors (Lipinski definition) is 3. The maximum atomic E-state index is 12.9. The second-order valence-electron chi connectivity index (χ2n) is 6.74. The van der Waals surface area contributed by atoms with E-state index in [1.807, 2.05) is 31.1 Å². The van der Waals surface area contributed by atoms with Crippen molar-refractivity contribution >= 4 is 26.3 Å². The molecule has 0 aromatic heterocycles. The molecule has 0 spiro atoms. The van der Waals surface area contributed by atoms with Crippen LogP contribution in [-0.4, -0.2) is 32.9 Å². The molecule has 0 bridgehead atoms. The molecule has 6 heteroatoms. The van der Waals surface area contributed by atoms with Crippen LogP contribution in [0.1, 0.15) is 20.8 Å². The van der Waals surface area contributed by atoms with Gasteiger partial charge in [-0.25, -0.2) is 8.93 Å². The first-order valence-electron chi connectivity index (χ1n) is 7.05. The molecule has 0 amide bonds. The summed E-state index contributed by atoms with van der Waals surface area (Å²) >= 11 is 0. The normalized spacial score (nSPS) is 14.6. The van der Waals surface area contributed by atoms with Gasteiger partial charge in [0.1, 0.15) is 0 Å². The lowest BCUT2D eigenvalue weighted by Gasteiger charge is -2.38. The zero-order valence-corrected chi connectivity index (χ0v) is 14.4. The summed E-state index contributed by atoms with van der Waals surface area (Å²) in [4.78, 5) is 1.92. The highest BCUT2D eigenvalue weighted by Crippen LogP contribution is 2.37. The molecule has 0 aliphatic heterocycles. The van der Waals surface area contributed by atoms with Gasteiger partial charge in [-0.05, 0) is 32.9 Å². The third kappa shape index (κ3) is 3.30. The summed E-state index contributed by atoms with van der Waals surface area (Å²) in [6.07, 6.45) is 0. The van der Waals surface area contributed by atoms with E-state index in [1.165, 1.54) is 6.07 Å². The average Bonchev–Trinajstić information content (AvgIpc) is 2.33. The van der Waals surface area contributed by atoms with Crippen molar-refractivity contribution in [3.8, 4) is 0 Å². The van der Waals surface area contributed by atoms with Crippen LogP contribution in [0.2, 0.25) is 0 Å². The summed E-state index contributed by atoms with van der Waals surface area (Å²) in [5, 5.41) is 1.36. The predicted molar refractivity (Wildman–Crippen MR) is 92.8 cm³/mol. The standard InChI is InChI=1S/C16H24N2O3S/c1-16(2,3)17-22(19,20,21)15-11-7-8-12-13(15)9-6-10-14(12)18(4)5/h6-11H,1-5H3,(H3,17,19,20,21). The Kier molecular flexibility index (Phi) is 3.86. The first kappa shape index (κ1) is 16.9. The Morgan fingerprint density at radius 3 is 2.09 bits per heavy atom. The molecular formula is C16H24N2O3S. The van der Waals surface area contributed by atoms with Crippen molar-refractivity contribution in [3.63, 3.8) is 0 Å². The Morgan fingerprint density at radius 1 is 1.00 bits per heavy atom. The van der Waals surface area contributed by atoms with E-state index in [-0.39, 0.29) is 4.90 Å². The fourth-order valence-corrected chi connectivity index (χ4v) is 4.69. The SMILES string of the molecule is CN(C)c1cccc2c(S(=O)(O)(O)NC(C)(C)C)cccc12. The van der Waals surface area contributed by atoms with Crippen molar-refractivity contribution in [2.75, 3.05) is 19.0 Å². The lowest BCUT2D eigenvalue weighted by atomic mass is 10.1. The van der Waals surface area contributed by atoms with E-state index in [2.05, 4.69) is 4.72 Å². The molecule has 5 nitrogen and oxygen atoms in total. The Hall–Kier alpha value is -1.47. The number of nitrogens with zero attached hydrogens (tertiary/aromatic N) is 1. The van der Waals surface area contributed by atoms with Crippen LogP contribution in [-0.2, 0) is 9.81 Å². The van der Waals surface area contributed by atoms with E-state index in [0.29, 0.717) is 5.39 Å². The van der Waals surface area contributed by atoms with Crippen molar-refractivity contribution in [2.45, 2.75) is 31.2 Å². The van der Waals surface area contributed by atoms with Gasteiger partial charge in [-0.15, -0.1) is 0 Å². The first-order chi connectivity index (χ1) is 9.89. The van der Waals surface area contributed by atoms with E-state index >= 15 is 0 Å². The number of rotatable bonds is 3. The molecule has 3 N–H and O–H groups in total. The molecule has 0 aliphatic rings. The molecule has 22 heavy (non-hydrogen) atoms. The number of benzene rings is 2. The Labute approximate surface area is 131 Å². The van der Waals surface area contributed by atoms with E-state index in [4.69, 9.17) is 0 Å². The zero-order chi connectivity index (χ0) is 16.8. The van der Waals surface area contributed by atoms with Crippen molar-refractivity contribution in [2.24, 2.45) is 0 Å². The van der Waals surface area contributed by atoms with Gasteiger partial charge in [0.05, 0.1) is 4.90 Å². The highest BCUT2D eigenvalue weighted by Gasteiger charge is 2.38. The molecule has 0 fully saturated rings. The van der Waals surface area contributed by atoms with Crippen LogP contribution in [0.4, 0.5) is 5.69 Å². The van der Waals surface area contributed by atoms with Gasteiger partial charge in [0.2, 0.25) is 0 Å². The van der Waals surface area contributed by atoms with Crippen LogP contribution < -0.4 is 9.62 Å². The van der Waals surface area contributed by atoms with Gasteiger partial charge in [0.25, 0.3) is 0 Å². The van der Waals surface area contributed by atoms with Crippen molar-refractivity contribution in [1.82, 2.24) is 4.72 Å². The largest absolute Gasteiger partial charge is 0.377 e. The Morgan fingerprint density at radius 2 is 1.55 bits per heavy atom. The van der Waals surface area contributed by atoms with E-state index in [0.717, 1.165) is 11.1 Å². The molecule has 0 atom stereocenters. The van der Waals surface area contributed by atoms with Gasteiger partial charge < -0.3 is 4.90 Å². The predicted octanol–water partition coefficient (Wildman–Crippen LogP) is 3.33.